The molecule has 1 aliphatic heterocycles. The van der Waals surface area contributed by atoms with Crippen LogP contribution in [0.2, 0.25) is 0 Å². The molecule has 0 radical (unpaired) electrons. The highest BCUT2D eigenvalue weighted by molar-refractivity contribution is 7.89. The number of carbonyl (C=O) groups is 1. The maximum atomic E-state index is 13.4. The van der Waals surface area contributed by atoms with Crippen molar-refractivity contribution in [1.82, 2.24) is 9.21 Å². The Bertz CT molecular complexity index is 984. The minimum Gasteiger partial charge on any atom is -0.336 e. The van der Waals surface area contributed by atoms with Gasteiger partial charge in [0.2, 0.25) is 10.0 Å². The molecule has 2 aromatic rings. The highest BCUT2D eigenvalue weighted by Gasteiger charge is 2.31. The highest BCUT2D eigenvalue weighted by Crippen LogP contribution is 2.21. The molecule has 0 spiro atoms. The molecule has 0 saturated carbocycles. The number of sulfonamides is 1. The number of amides is 1. The van der Waals surface area contributed by atoms with E-state index in [4.69, 9.17) is 0 Å². The zero-order chi connectivity index (χ0) is 19.8. The molecule has 0 N–H and O–H groups in total. The predicted octanol–water partition coefficient (Wildman–Crippen LogP) is 2.73. The summed E-state index contributed by atoms with van der Waals surface area (Å²) >= 11 is 0. The number of aryl methyl sites for hydroxylation is 1. The fourth-order valence-electron chi connectivity index (χ4n) is 3.07. The van der Waals surface area contributed by atoms with Crippen LogP contribution >= 0.6 is 0 Å². The van der Waals surface area contributed by atoms with E-state index in [2.05, 4.69) is 0 Å². The molecule has 0 aliphatic carbocycles. The van der Waals surface area contributed by atoms with Gasteiger partial charge in [0, 0.05) is 31.7 Å². The minimum absolute atomic E-state index is 0.0952. The van der Waals surface area contributed by atoms with Crippen molar-refractivity contribution in [3.8, 4) is 0 Å². The first-order valence-electron chi connectivity index (χ1n) is 8.52. The molecule has 3 rings (SSSR count). The quantitative estimate of drug-likeness (QED) is 0.804. The number of hydrogen-bond acceptors (Lipinski definition) is 3. The van der Waals surface area contributed by atoms with E-state index in [9.17, 15) is 22.0 Å². The zero-order valence-corrected chi connectivity index (χ0v) is 15.9. The lowest BCUT2D eigenvalue weighted by Gasteiger charge is -2.34. The highest BCUT2D eigenvalue weighted by atomic mass is 32.2. The second kappa shape index (κ2) is 7.36. The SMILES string of the molecule is Cc1cccc(C(=O)N2CCN(S(=O)(=O)c3ccc(F)c(F)c3)CC2)c1C. The molecule has 0 aromatic heterocycles. The van der Waals surface area contributed by atoms with Crippen molar-refractivity contribution in [2.45, 2.75) is 18.7 Å². The Morgan fingerprint density at radius 2 is 1.63 bits per heavy atom. The van der Waals surface area contributed by atoms with E-state index in [0.717, 1.165) is 23.3 Å². The van der Waals surface area contributed by atoms with E-state index in [1.165, 1.54) is 4.31 Å². The first-order chi connectivity index (χ1) is 12.7. The minimum atomic E-state index is -3.94. The maximum absolute atomic E-state index is 13.4. The van der Waals surface area contributed by atoms with E-state index in [-0.39, 0.29) is 37.0 Å². The van der Waals surface area contributed by atoms with Crippen LogP contribution in [0.3, 0.4) is 0 Å². The lowest BCUT2D eigenvalue weighted by molar-refractivity contribution is 0.0697. The summed E-state index contributed by atoms with van der Waals surface area (Å²) in [5, 5.41) is 0. The number of halogens is 2. The Morgan fingerprint density at radius 1 is 0.963 bits per heavy atom. The van der Waals surface area contributed by atoms with Crippen LogP contribution in [0.15, 0.2) is 41.3 Å². The molecule has 0 atom stereocenters. The fourth-order valence-corrected chi connectivity index (χ4v) is 4.51. The van der Waals surface area contributed by atoms with Gasteiger partial charge in [-0.25, -0.2) is 17.2 Å². The van der Waals surface area contributed by atoms with Crippen LogP contribution in [0.1, 0.15) is 21.5 Å². The molecule has 1 fully saturated rings. The standard InChI is InChI=1S/C19H20F2N2O3S/c1-13-4-3-5-16(14(13)2)19(24)22-8-10-23(11-9-22)27(25,26)15-6-7-17(20)18(21)12-15/h3-7,12H,8-11H2,1-2H3. The van der Waals surface area contributed by atoms with Gasteiger partial charge < -0.3 is 4.90 Å². The Labute approximate surface area is 157 Å². The molecule has 27 heavy (non-hydrogen) atoms. The van der Waals surface area contributed by atoms with Crippen molar-refractivity contribution in [1.29, 1.82) is 0 Å². The van der Waals surface area contributed by atoms with Crippen LogP contribution in [-0.2, 0) is 10.0 Å². The van der Waals surface area contributed by atoms with Gasteiger partial charge in [-0.3, -0.25) is 4.79 Å². The topological polar surface area (TPSA) is 57.7 Å². The molecule has 2 aromatic carbocycles. The Hall–Kier alpha value is -2.32. The molecular weight excluding hydrogens is 374 g/mol. The van der Waals surface area contributed by atoms with Crippen molar-refractivity contribution in [2.24, 2.45) is 0 Å². The van der Waals surface area contributed by atoms with Gasteiger partial charge in [-0.2, -0.15) is 4.31 Å². The van der Waals surface area contributed by atoms with E-state index in [1.807, 2.05) is 26.0 Å². The van der Waals surface area contributed by atoms with Crippen molar-refractivity contribution in [3.05, 3.63) is 64.7 Å². The van der Waals surface area contributed by atoms with Crippen LogP contribution in [0.25, 0.3) is 0 Å². The largest absolute Gasteiger partial charge is 0.336 e. The van der Waals surface area contributed by atoms with Crippen LogP contribution in [0, 0.1) is 25.5 Å². The summed E-state index contributed by atoms with van der Waals surface area (Å²) < 4.78 is 52.9. The van der Waals surface area contributed by atoms with Crippen LogP contribution < -0.4 is 0 Å². The summed E-state index contributed by atoms with van der Waals surface area (Å²) in [6.45, 7) is 4.46. The molecule has 144 valence electrons. The lowest BCUT2D eigenvalue weighted by Crippen LogP contribution is -2.50. The van der Waals surface area contributed by atoms with Gasteiger partial charge in [0.1, 0.15) is 0 Å². The van der Waals surface area contributed by atoms with Gasteiger partial charge in [-0.15, -0.1) is 0 Å². The molecule has 1 saturated heterocycles. The van der Waals surface area contributed by atoms with Crippen molar-refractivity contribution in [2.75, 3.05) is 26.2 Å². The van der Waals surface area contributed by atoms with Crippen LogP contribution in [-0.4, -0.2) is 49.7 Å². The number of nitrogens with zero attached hydrogens (tertiary/aromatic N) is 2. The average molecular weight is 394 g/mol. The predicted molar refractivity (Wildman–Crippen MR) is 96.9 cm³/mol. The molecule has 1 heterocycles. The van der Waals surface area contributed by atoms with Gasteiger partial charge in [-0.05, 0) is 49.2 Å². The smallest absolute Gasteiger partial charge is 0.254 e. The van der Waals surface area contributed by atoms with Crippen molar-refractivity contribution in [3.63, 3.8) is 0 Å². The third-order valence-electron chi connectivity index (χ3n) is 4.89. The first-order valence-corrected chi connectivity index (χ1v) is 9.96. The van der Waals surface area contributed by atoms with E-state index in [0.29, 0.717) is 11.6 Å². The van der Waals surface area contributed by atoms with Gasteiger partial charge in [0.25, 0.3) is 5.91 Å². The summed E-state index contributed by atoms with van der Waals surface area (Å²) in [4.78, 5) is 14.1. The third-order valence-corrected chi connectivity index (χ3v) is 6.78. The number of rotatable bonds is 3. The normalized spacial score (nSPS) is 15.8. The van der Waals surface area contributed by atoms with Gasteiger partial charge in [-0.1, -0.05) is 12.1 Å². The first kappa shape index (κ1) is 19.4. The second-order valence-electron chi connectivity index (χ2n) is 6.52. The molecular formula is C19H20F2N2O3S. The molecule has 1 aliphatic rings. The molecule has 5 nitrogen and oxygen atoms in total. The third kappa shape index (κ3) is 3.72. The van der Waals surface area contributed by atoms with E-state index in [1.54, 1.807) is 11.0 Å². The van der Waals surface area contributed by atoms with Crippen LogP contribution in [0.4, 0.5) is 8.78 Å². The summed E-state index contributed by atoms with van der Waals surface area (Å²) in [5.41, 5.74) is 2.52. The summed E-state index contributed by atoms with van der Waals surface area (Å²) in [5.74, 6) is -2.45. The van der Waals surface area contributed by atoms with Crippen molar-refractivity contribution < 1.29 is 22.0 Å². The Kier molecular flexibility index (Phi) is 5.30. The van der Waals surface area contributed by atoms with Gasteiger partial charge >= 0.3 is 0 Å². The average Bonchev–Trinajstić information content (AvgIpc) is 2.65. The Balaban J connectivity index is 1.74. The van der Waals surface area contributed by atoms with E-state index < -0.39 is 21.7 Å². The maximum Gasteiger partial charge on any atom is 0.254 e. The monoisotopic (exact) mass is 394 g/mol. The fraction of sp³-hybridized carbons (Fsp3) is 0.316. The molecule has 0 bridgehead atoms. The van der Waals surface area contributed by atoms with E-state index >= 15 is 0 Å². The second-order valence-corrected chi connectivity index (χ2v) is 8.46. The summed E-state index contributed by atoms with van der Waals surface area (Å²) in [7, 11) is -3.94. The van der Waals surface area contributed by atoms with Gasteiger partial charge in [0.15, 0.2) is 11.6 Å². The lowest BCUT2D eigenvalue weighted by atomic mass is 10.0. The van der Waals surface area contributed by atoms with Crippen LogP contribution in [0.5, 0.6) is 0 Å². The number of benzene rings is 2. The molecule has 1 amide bonds. The Morgan fingerprint density at radius 3 is 2.26 bits per heavy atom. The number of piperazine rings is 1. The summed E-state index contributed by atoms with van der Waals surface area (Å²) in [6, 6.07) is 8.02. The summed E-state index contributed by atoms with van der Waals surface area (Å²) in [6.07, 6.45) is 0. The molecule has 8 heteroatoms. The van der Waals surface area contributed by atoms with Gasteiger partial charge in [0.05, 0.1) is 4.90 Å². The number of carbonyl (C=O) groups excluding carboxylic acids is 1. The zero-order valence-electron chi connectivity index (χ0n) is 15.1. The molecule has 0 unspecified atom stereocenters. The van der Waals surface area contributed by atoms with Crippen molar-refractivity contribution >= 4 is 15.9 Å². The number of hydrogen-bond donors (Lipinski definition) is 0.